The molecule has 2 aromatic heterocycles. The molecule has 8 nitrogen and oxygen atoms in total. The number of rotatable bonds is 5. The van der Waals surface area contributed by atoms with Crippen LogP contribution in [0.5, 0.6) is 0 Å². The van der Waals surface area contributed by atoms with Gasteiger partial charge in [0.25, 0.3) is 5.91 Å². The fourth-order valence-corrected chi connectivity index (χ4v) is 2.18. The Bertz CT molecular complexity index is 885. The maximum absolute atomic E-state index is 12.1. The standard InChI is InChI=1S/C15H11ClN4O4/c16-11-3-1-10(2-4-11)9-19-13(7-8-17-19)18-15(21)12-5-6-14(24-12)20(22)23/h1-8H,9H2,(H,18,21). The Morgan fingerprint density at radius 3 is 2.67 bits per heavy atom. The number of amides is 1. The molecule has 0 saturated carbocycles. The summed E-state index contributed by atoms with van der Waals surface area (Å²) in [4.78, 5) is 22.0. The molecule has 0 radical (unpaired) electrons. The molecule has 1 aromatic carbocycles. The van der Waals surface area contributed by atoms with Gasteiger partial charge < -0.3 is 9.73 Å². The highest BCUT2D eigenvalue weighted by Crippen LogP contribution is 2.18. The first-order valence-electron chi connectivity index (χ1n) is 6.85. The van der Waals surface area contributed by atoms with Crippen molar-refractivity contribution >= 4 is 29.2 Å². The maximum Gasteiger partial charge on any atom is 0.433 e. The van der Waals surface area contributed by atoms with E-state index in [0.29, 0.717) is 17.4 Å². The largest absolute Gasteiger partial charge is 0.433 e. The van der Waals surface area contributed by atoms with Crippen molar-refractivity contribution in [2.75, 3.05) is 5.32 Å². The lowest BCUT2D eigenvalue weighted by Gasteiger charge is -2.08. The zero-order chi connectivity index (χ0) is 17.1. The number of carbonyl (C=O) groups is 1. The minimum absolute atomic E-state index is 0.152. The first-order valence-corrected chi connectivity index (χ1v) is 7.22. The summed E-state index contributed by atoms with van der Waals surface area (Å²) in [6, 6.07) is 11.2. The summed E-state index contributed by atoms with van der Waals surface area (Å²) < 4.78 is 6.45. The number of nitrogens with zero attached hydrogens (tertiary/aromatic N) is 3. The van der Waals surface area contributed by atoms with E-state index in [1.165, 1.54) is 12.3 Å². The monoisotopic (exact) mass is 346 g/mol. The second kappa shape index (κ2) is 6.55. The number of furan rings is 1. The molecular formula is C15H11ClN4O4. The molecule has 0 unspecified atom stereocenters. The predicted molar refractivity (Wildman–Crippen MR) is 86.1 cm³/mol. The van der Waals surface area contributed by atoms with Crippen molar-refractivity contribution in [2.45, 2.75) is 6.54 Å². The zero-order valence-corrected chi connectivity index (χ0v) is 12.9. The van der Waals surface area contributed by atoms with Crippen molar-refractivity contribution in [1.82, 2.24) is 9.78 Å². The summed E-state index contributed by atoms with van der Waals surface area (Å²) in [6.45, 7) is 0.429. The summed E-state index contributed by atoms with van der Waals surface area (Å²) in [5.41, 5.74) is 0.951. The highest BCUT2D eigenvalue weighted by molar-refractivity contribution is 6.30. The molecule has 0 aliphatic heterocycles. The van der Waals surface area contributed by atoms with E-state index in [2.05, 4.69) is 10.4 Å². The Kier molecular flexibility index (Phi) is 4.30. The molecule has 0 atom stereocenters. The first kappa shape index (κ1) is 15.8. The van der Waals surface area contributed by atoms with Gasteiger partial charge in [0, 0.05) is 11.1 Å². The molecule has 0 bridgehead atoms. The number of nitrogens with one attached hydrogen (secondary N) is 1. The highest BCUT2D eigenvalue weighted by atomic mass is 35.5. The van der Waals surface area contributed by atoms with Crippen LogP contribution in [0.2, 0.25) is 5.02 Å². The highest BCUT2D eigenvalue weighted by Gasteiger charge is 2.18. The lowest BCUT2D eigenvalue weighted by atomic mass is 10.2. The fourth-order valence-electron chi connectivity index (χ4n) is 2.05. The number of anilines is 1. The second-order valence-corrected chi connectivity index (χ2v) is 5.29. The molecule has 0 aliphatic rings. The van der Waals surface area contributed by atoms with Gasteiger partial charge in [0.1, 0.15) is 10.7 Å². The summed E-state index contributed by atoms with van der Waals surface area (Å²) in [5, 5.41) is 18.0. The number of hydrogen-bond acceptors (Lipinski definition) is 5. The molecule has 0 fully saturated rings. The SMILES string of the molecule is O=C(Nc1ccnn1Cc1ccc(Cl)cc1)c1ccc([N+](=O)[O-])o1. The number of aromatic nitrogens is 2. The van der Waals surface area contributed by atoms with E-state index >= 15 is 0 Å². The van der Waals surface area contributed by atoms with Gasteiger partial charge in [0.15, 0.2) is 5.76 Å². The van der Waals surface area contributed by atoms with Crippen molar-refractivity contribution < 1.29 is 14.1 Å². The molecule has 1 N–H and O–H groups in total. The number of halogens is 1. The van der Waals surface area contributed by atoms with Gasteiger partial charge in [-0.1, -0.05) is 23.7 Å². The van der Waals surface area contributed by atoms with Crippen LogP contribution in [0.3, 0.4) is 0 Å². The van der Waals surface area contributed by atoms with Crippen molar-refractivity contribution in [2.24, 2.45) is 0 Å². The minimum atomic E-state index is -0.707. The Labute approximate surface area is 140 Å². The topological polar surface area (TPSA) is 103 Å². The van der Waals surface area contributed by atoms with Crippen molar-refractivity contribution in [1.29, 1.82) is 0 Å². The fraction of sp³-hybridized carbons (Fsp3) is 0.0667. The van der Waals surface area contributed by atoms with E-state index in [9.17, 15) is 14.9 Å². The Balaban J connectivity index is 1.73. The second-order valence-electron chi connectivity index (χ2n) is 4.85. The lowest BCUT2D eigenvalue weighted by molar-refractivity contribution is -0.402. The average Bonchev–Trinajstić information content (AvgIpc) is 3.19. The zero-order valence-electron chi connectivity index (χ0n) is 12.2. The molecular weight excluding hydrogens is 336 g/mol. The van der Waals surface area contributed by atoms with Crippen LogP contribution in [-0.4, -0.2) is 20.6 Å². The molecule has 0 spiro atoms. The molecule has 3 aromatic rings. The third kappa shape index (κ3) is 3.44. The van der Waals surface area contributed by atoms with Crippen LogP contribution in [-0.2, 0) is 6.54 Å². The Hall–Kier alpha value is -3.13. The molecule has 122 valence electrons. The summed E-state index contributed by atoms with van der Waals surface area (Å²) >= 11 is 5.85. The molecule has 9 heteroatoms. The number of nitro groups is 1. The van der Waals surface area contributed by atoms with Gasteiger partial charge in [-0.25, -0.2) is 4.68 Å². The number of benzene rings is 1. The van der Waals surface area contributed by atoms with Gasteiger partial charge in [-0.3, -0.25) is 14.9 Å². The van der Waals surface area contributed by atoms with Gasteiger partial charge in [0.2, 0.25) is 0 Å². The van der Waals surface area contributed by atoms with Crippen molar-refractivity contribution in [3.8, 4) is 0 Å². The van der Waals surface area contributed by atoms with E-state index in [1.54, 1.807) is 22.9 Å². The van der Waals surface area contributed by atoms with E-state index in [4.69, 9.17) is 16.0 Å². The van der Waals surface area contributed by atoms with Gasteiger partial charge in [-0.15, -0.1) is 0 Å². The smallest absolute Gasteiger partial charge is 0.395 e. The van der Waals surface area contributed by atoms with Crippen LogP contribution in [0.1, 0.15) is 16.1 Å². The average molecular weight is 347 g/mol. The molecule has 2 heterocycles. The Morgan fingerprint density at radius 1 is 1.25 bits per heavy atom. The number of carbonyl (C=O) groups excluding carboxylic acids is 1. The molecule has 0 saturated heterocycles. The summed E-state index contributed by atoms with van der Waals surface area (Å²) in [6.07, 6.45) is 1.54. The molecule has 3 rings (SSSR count). The van der Waals surface area contributed by atoms with Gasteiger partial charge in [-0.05, 0) is 23.8 Å². The summed E-state index contributed by atoms with van der Waals surface area (Å²) in [7, 11) is 0. The van der Waals surface area contributed by atoms with E-state index in [0.717, 1.165) is 11.6 Å². The molecule has 1 amide bonds. The van der Waals surface area contributed by atoms with E-state index < -0.39 is 16.7 Å². The van der Waals surface area contributed by atoms with E-state index in [1.807, 2.05) is 12.1 Å². The van der Waals surface area contributed by atoms with Gasteiger partial charge in [-0.2, -0.15) is 5.10 Å². The minimum Gasteiger partial charge on any atom is -0.395 e. The van der Waals surface area contributed by atoms with Crippen LogP contribution in [0, 0.1) is 10.1 Å². The van der Waals surface area contributed by atoms with Crippen LogP contribution in [0.15, 0.2) is 53.1 Å². The van der Waals surface area contributed by atoms with Crippen molar-refractivity contribution in [3.63, 3.8) is 0 Å². The van der Waals surface area contributed by atoms with Crippen LogP contribution in [0.4, 0.5) is 11.7 Å². The van der Waals surface area contributed by atoms with Crippen LogP contribution in [0.25, 0.3) is 0 Å². The third-order valence-corrected chi connectivity index (χ3v) is 3.45. The number of hydrogen-bond donors (Lipinski definition) is 1. The van der Waals surface area contributed by atoms with Gasteiger partial charge >= 0.3 is 5.88 Å². The third-order valence-electron chi connectivity index (χ3n) is 3.20. The Morgan fingerprint density at radius 2 is 2.00 bits per heavy atom. The van der Waals surface area contributed by atoms with Crippen LogP contribution < -0.4 is 5.32 Å². The quantitative estimate of drug-likeness (QED) is 0.563. The van der Waals surface area contributed by atoms with E-state index in [-0.39, 0.29) is 5.76 Å². The van der Waals surface area contributed by atoms with Crippen molar-refractivity contribution in [3.05, 3.63) is 75.1 Å². The van der Waals surface area contributed by atoms with Crippen LogP contribution >= 0.6 is 11.6 Å². The van der Waals surface area contributed by atoms with Gasteiger partial charge in [0.05, 0.1) is 18.8 Å². The maximum atomic E-state index is 12.1. The summed E-state index contributed by atoms with van der Waals surface area (Å²) in [5.74, 6) is -0.800. The lowest BCUT2D eigenvalue weighted by Crippen LogP contribution is -2.15. The molecule has 0 aliphatic carbocycles. The normalized spacial score (nSPS) is 10.5. The first-order chi connectivity index (χ1) is 11.5. The predicted octanol–water partition coefficient (Wildman–Crippen LogP) is 3.34. The molecule has 24 heavy (non-hydrogen) atoms.